The van der Waals surface area contributed by atoms with Gasteiger partial charge in [-0.2, -0.15) is 4.98 Å². The van der Waals surface area contributed by atoms with Crippen LogP contribution < -0.4 is 10.5 Å². The third-order valence-corrected chi connectivity index (χ3v) is 5.86. The lowest BCUT2D eigenvalue weighted by Gasteiger charge is -2.17. The molecule has 0 saturated heterocycles. The zero-order valence-electron chi connectivity index (χ0n) is 19.5. The number of anilines is 1. The van der Waals surface area contributed by atoms with E-state index >= 15 is 0 Å². The smallest absolute Gasteiger partial charge is 0.227 e. The molecule has 1 unspecified atom stereocenters. The molecule has 1 saturated carbocycles. The van der Waals surface area contributed by atoms with Gasteiger partial charge in [0, 0.05) is 22.9 Å². The number of nitrogen functional groups attached to an aromatic ring is 1. The van der Waals surface area contributed by atoms with Crippen molar-refractivity contribution in [1.82, 2.24) is 19.9 Å². The van der Waals surface area contributed by atoms with Crippen molar-refractivity contribution in [2.45, 2.75) is 45.4 Å². The minimum absolute atomic E-state index is 0.00706. The highest BCUT2D eigenvalue weighted by molar-refractivity contribution is 5.85. The molecule has 0 amide bonds. The summed E-state index contributed by atoms with van der Waals surface area (Å²) in [4.78, 5) is 17.8. The molecule has 5 rings (SSSR count). The van der Waals surface area contributed by atoms with Gasteiger partial charge in [-0.1, -0.05) is 6.07 Å². The number of halogens is 2. The molecule has 6 nitrogen and oxygen atoms in total. The summed E-state index contributed by atoms with van der Waals surface area (Å²) >= 11 is 0. The predicted octanol–water partition coefficient (Wildman–Crippen LogP) is 6.12. The van der Waals surface area contributed by atoms with E-state index in [-0.39, 0.29) is 29.9 Å². The van der Waals surface area contributed by atoms with Crippen molar-refractivity contribution >= 4 is 5.95 Å². The maximum absolute atomic E-state index is 14.2. The maximum atomic E-state index is 14.2. The monoisotopic (exact) mass is 473 g/mol. The van der Waals surface area contributed by atoms with Gasteiger partial charge in [-0.25, -0.2) is 13.8 Å². The third-order valence-electron chi connectivity index (χ3n) is 5.86. The lowest BCUT2D eigenvalue weighted by atomic mass is 9.99. The van der Waals surface area contributed by atoms with Crippen molar-refractivity contribution in [1.29, 1.82) is 0 Å². The fourth-order valence-electron chi connectivity index (χ4n) is 4.01. The number of nitrogens with two attached hydrogens (primary N) is 1. The first-order chi connectivity index (χ1) is 16.9. The van der Waals surface area contributed by atoms with E-state index in [4.69, 9.17) is 15.5 Å². The van der Waals surface area contributed by atoms with Gasteiger partial charge in [0.25, 0.3) is 0 Å². The molecule has 0 bridgehead atoms. The number of hydrogen-bond donors (Lipinski definition) is 1. The molecule has 4 aromatic rings. The van der Waals surface area contributed by atoms with Crippen LogP contribution in [0.2, 0.25) is 0 Å². The molecule has 0 aliphatic heterocycles. The molecule has 1 atom stereocenters. The summed E-state index contributed by atoms with van der Waals surface area (Å²) in [6.45, 7) is 3.39. The van der Waals surface area contributed by atoms with E-state index in [9.17, 15) is 8.78 Å². The van der Waals surface area contributed by atoms with Crippen LogP contribution in [0.1, 0.15) is 54.6 Å². The van der Waals surface area contributed by atoms with Crippen molar-refractivity contribution in [3.8, 4) is 28.3 Å². The summed E-state index contributed by atoms with van der Waals surface area (Å²) in [5.41, 5.74) is 11.0. The highest BCUT2D eigenvalue weighted by Crippen LogP contribution is 2.40. The number of aryl methyl sites for hydroxylation is 1. The Morgan fingerprint density at radius 2 is 1.77 bits per heavy atom. The van der Waals surface area contributed by atoms with Crippen molar-refractivity contribution in [2.24, 2.45) is 0 Å². The molecule has 8 heteroatoms. The van der Waals surface area contributed by atoms with Gasteiger partial charge in [-0.15, -0.1) is 0 Å². The quantitative estimate of drug-likeness (QED) is 0.348. The normalized spacial score (nSPS) is 14.1. The van der Waals surface area contributed by atoms with Crippen molar-refractivity contribution in [3.05, 3.63) is 83.2 Å². The van der Waals surface area contributed by atoms with Crippen molar-refractivity contribution < 1.29 is 13.5 Å². The lowest BCUT2D eigenvalue weighted by Crippen LogP contribution is -2.07. The average molecular weight is 474 g/mol. The van der Waals surface area contributed by atoms with E-state index in [0.29, 0.717) is 34.0 Å². The second-order valence-electron chi connectivity index (χ2n) is 8.77. The zero-order chi connectivity index (χ0) is 24.5. The fourth-order valence-corrected chi connectivity index (χ4v) is 4.01. The Hall–Kier alpha value is -3.94. The van der Waals surface area contributed by atoms with E-state index in [1.54, 1.807) is 25.1 Å². The summed E-state index contributed by atoms with van der Waals surface area (Å²) in [6, 6.07) is 15.3. The van der Waals surface area contributed by atoms with E-state index < -0.39 is 6.17 Å². The summed E-state index contributed by atoms with van der Waals surface area (Å²) in [6.07, 6.45) is 1.04. The van der Waals surface area contributed by atoms with Crippen LogP contribution in [-0.2, 0) is 6.61 Å². The van der Waals surface area contributed by atoms with Crippen LogP contribution in [0.15, 0.2) is 54.6 Å². The number of rotatable bonds is 7. The second-order valence-corrected chi connectivity index (χ2v) is 8.77. The number of nitrogens with zero attached hydrogens (tertiary/aromatic N) is 4. The van der Waals surface area contributed by atoms with Crippen molar-refractivity contribution in [2.75, 3.05) is 5.73 Å². The van der Waals surface area contributed by atoms with Gasteiger partial charge < -0.3 is 10.5 Å². The molecule has 1 aliphatic rings. The highest BCUT2D eigenvalue weighted by atomic mass is 19.1. The van der Waals surface area contributed by atoms with Crippen LogP contribution in [0, 0.1) is 12.7 Å². The van der Waals surface area contributed by atoms with Gasteiger partial charge in [0.1, 0.15) is 18.6 Å². The minimum Gasteiger partial charge on any atom is -0.471 e. The van der Waals surface area contributed by atoms with Crippen LogP contribution in [0.5, 0.6) is 5.88 Å². The summed E-state index contributed by atoms with van der Waals surface area (Å²) in [5.74, 6) is 0.390. The summed E-state index contributed by atoms with van der Waals surface area (Å²) in [5, 5.41) is 0. The number of pyridine rings is 2. The van der Waals surface area contributed by atoms with Gasteiger partial charge in [0.15, 0.2) is 0 Å². The lowest BCUT2D eigenvalue weighted by molar-refractivity contribution is 0.290. The van der Waals surface area contributed by atoms with E-state index in [0.717, 1.165) is 24.2 Å². The molecular formula is C27H25F2N5O. The predicted molar refractivity (Wildman–Crippen MR) is 130 cm³/mol. The first-order valence-electron chi connectivity index (χ1n) is 11.5. The standard InChI is InChI=1S/C27H25F2N5O/c1-15-12-19(13-23(31-15)16(2)28)24-25(18-8-10-20(29)11-9-18)33-27(30)34-26(24)35-14-21-4-3-5-22(32-21)17-6-7-17/h3-5,8-13,16-17H,6-7,14H2,1-2H3,(H2,30,33,34). The molecule has 35 heavy (non-hydrogen) atoms. The Bertz CT molecular complexity index is 1370. The zero-order valence-corrected chi connectivity index (χ0v) is 19.5. The molecule has 1 aliphatic carbocycles. The van der Waals surface area contributed by atoms with Gasteiger partial charge in [0.05, 0.1) is 22.6 Å². The molecule has 178 valence electrons. The van der Waals surface area contributed by atoms with Gasteiger partial charge >= 0.3 is 0 Å². The van der Waals surface area contributed by atoms with Gasteiger partial charge in [-0.3, -0.25) is 9.97 Å². The Kier molecular flexibility index (Phi) is 6.11. The average Bonchev–Trinajstić information content (AvgIpc) is 3.68. The van der Waals surface area contributed by atoms with Gasteiger partial charge in [0.2, 0.25) is 11.8 Å². The Morgan fingerprint density at radius 3 is 2.49 bits per heavy atom. The summed E-state index contributed by atoms with van der Waals surface area (Å²) < 4.78 is 34.0. The fraction of sp³-hybridized carbons (Fsp3) is 0.259. The second kappa shape index (κ2) is 9.37. The third kappa shape index (κ3) is 5.11. The Labute approximate surface area is 202 Å². The molecule has 0 radical (unpaired) electrons. The molecule has 0 spiro atoms. The van der Waals surface area contributed by atoms with E-state index in [1.807, 2.05) is 24.3 Å². The van der Waals surface area contributed by atoms with Crippen LogP contribution in [0.4, 0.5) is 14.7 Å². The number of aromatic nitrogens is 4. The van der Waals surface area contributed by atoms with Crippen LogP contribution in [0.3, 0.4) is 0 Å². The Balaban J connectivity index is 1.62. The number of hydrogen-bond acceptors (Lipinski definition) is 6. The minimum atomic E-state index is -1.27. The summed E-state index contributed by atoms with van der Waals surface area (Å²) in [7, 11) is 0. The number of ether oxygens (including phenoxy) is 1. The van der Waals surface area contributed by atoms with E-state index in [2.05, 4.69) is 15.0 Å². The van der Waals surface area contributed by atoms with Gasteiger partial charge in [-0.05, 0) is 80.8 Å². The first-order valence-corrected chi connectivity index (χ1v) is 11.5. The molecule has 1 aromatic carbocycles. The maximum Gasteiger partial charge on any atom is 0.227 e. The first kappa shape index (κ1) is 22.8. The Morgan fingerprint density at radius 1 is 1.00 bits per heavy atom. The highest BCUT2D eigenvalue weighted by Gasteiger charge is 2.25. The molecule has 3 aromatic heterocycles. The number of benzene rings is 1. The largest absolute Gasteiger partial charge is 0.471 e. The van der Waals surface area contributed by atoms with Crippen LogP contribution in [0.25, 0.3) is 22.4 Å². The molecular weight excluding hydrogens is 448 g/mol. The number of alkyl halides is 1. The van der Waals surface area contributed by atoms with Crippen molar-refractivity contribution in [3.63, 3.8) is 0 Å². The van der Waals surface area contributed by atoms with Crippen LogP contribution >= 0.6 is 0 Å². The van der Waals surface area contributed by atoms with E-state index in [1.165, 1.54) is 19.1 Å². The molecule has 3 heterocycles. The molecule has 1 fully saturated rings. The SMILES string of the molecule is Cc1cc(-c2c(OCc3cccc(C4CC4)n3)nc(N)nc2-c2ccc(F)cc2)cc(C(C)F)n1. The van der Waals surface area contributed by atoms with Crippen LogP contribution in [-0.4, -0.2) is 19.9 Å². The topological polar surface area (TPSA) is 86.8 Å². The molecule has 2 N–H and O–H groups in total.